The van der Waals surface area contributed by atoms with E-state index in [0.717, 1.165) is 12.8 Å². The van der Waals surface area contributed by atoms with Crippen LogP contribution in [0.3, 0.4) is 0 Å². The Balaban J connectivity index is 1.61. The smallest absolute Gasteiger partial charge is 0.00502 e. The van der Waals surface area contributed by atoms with Crippen molar-refractivity contribution in [2.24, 2.45) is 5.92 Å². The number of rotatable bonds is 4. The van der Waals surface area contributed by atoms with Crippen molar-refractivity contribution < 1.29 is 0 Å². The van der Waals surface area contributed by atoms with Crippen LogP contribution in [0.25, 0.3) is 17.2 Å². The van der Waals surface area contributed by atoms with Crippen LogP contribution in [0.5, 0.6) is 0 Å². The predicted octanol–water partition coefficient (Wildman–Crippen LogP) is 6.89. The molecule has 1 unspecified atom stereocenters. The molecule has 0 aliphatic heterocycles. The summed E-state index contributed by atoms with van der Waals surface area (Å²) in [6.45, 7) is 6.82. The lowest BCUT2D eigenvalue weighted by Crippen LogP contribution is -2.01. The second kappa shape index (κ2) is 6.52. The first-order valence-electron chi connectivity index (χ1n) is 9.48. The molecular weight excluding hydrogens is 300 g/mol. The Morgan fingerprint density at radius 2 is 1.92 bits per heavy atom. The fourth-order valence-corrected chi connectivity index (χ4v) is 4.01. The molecule has 2 aliphatic rings. The Kier molecular flexibility index (Phi) is 4.21. The van der Waals surface area contributed by atoms with Gasteiger partial charge in [-0.2, -0.15) is 0 Å². The summed E-state index contributed by atoms with van der Waals surface area (Å²) in [5.74, 6) is 1.24. The van der Waals surface area contributed by atoms with Crippen molar-refractivity contribution in [1.29, 1.82) is 0 Å². The van der Waals surface area contributed by atoms with Crippen molar-refractivity contribution in [2.75, 3.05) is 0 Å². The van der Waals surface area contributed by atoms with Crippen LogP contribution in [0, 0.1) is 5.92 Å². The molecule has 0 heteroatoms. The van der Waals surface area contributed by atoms with E-state index < -0.39 is 0 Å². The maximum Gasteiger partial charge on any atom is 0.00502 e. The summed E-state index contributed by atoms with van der Waals surface area (Å²) in [5, 5.41) is 0. The molecule has 4 rings (SSSR count). The minimum absolute atomic E-state index is 0.576. The lowest BCUT2D eigenvalue weighted by Gasteiger charge is -2.15. The highest BCUT2D eigenvalue weighted by Gasteiger charge is 2.21. The molecule has 0 spiro atoms. The van der Waals surface area contributed by atoms with Crippen molar-refractivity contribution in [3.05, 3.63) is 88.5 Å². The summed E-state index contributed by atoms with van der Waals surface area (Å²) in [5.41, 5.74) is 9.80. The third-order valence-corrected chi connectivity index (χ3v) is 5.56. The Morgan fingerprint density at radius 3 is 2.72 bits per heavy atom. The van der Waals surface area contributed by atoms with Crippen LogP contribution in [-0.2, 0) is 6.42 Å². The number of allylic oxidation sites excluding steroid dienone is 5. The second-order valence-electron chi connectivity index (χ2n) is 7.56. The van der Waals surface area contributed by atoms with E-state index in [-0.39, 0.29) is 0 Å². The normalized spacial score (nSPS) is 18.5. The van der Waals surface area contributed by atoms with Gasteiger partial charge in [0.25, 0.3) is 0 Å². The van der Waals surface area contributed by atoms with E-state index in [2.05, 4.69) is 87.5 Å². The first-order chi connectivity index (χ1) is 12.2. The van der Waals surface area contributed by atoms with Crippen molar-refractivity contribution in [3.63, 3.8) is 0 Å². The van der Waals surface area contributed by atoms with Gasteiger partial charge in [0.2, 0.25) is 0 Å². The molecule has 0 saturated carbocycles. The van der Waals surface area contributed by atoms with Crippen molar-refractivity contribution in [2.45, 2.75) is 39.5 Å². The zero-order chi connectivity index (χ0) is 17.4. The molecule has 0 fully saturated rings. The average molecular weight is 326 g/mol. The minimum Gasteiger partial charge on any atom is -0.0761 e. The van der Waals surface area contributed by atoms with Crippen molar-refractivity contribution >= 4 is 17.2 Å². The van der Waals surface area contributed by atoms with E-state index in [9.17, 15) is 0 Å². The molecule has 25 heavy (non-hydrogen) atoms. The molecule has 1 atom stereocenters. The molecule has 0 nitrogen and oxygen atoms in total. The fraction of sp³-hybridized carbons (Fsp3) is 0.280. The van der Waals surface area contributed by atoms with Gasteiger partial charge in [-0.15, -0.1) is 0 Å². The van der Waals surface area contributed by atoms with E-state index in [0.29, 0.717) is 11.8 Å². The second-order valence-corrected chi connectivity index (χ2v) is 7.56. The van der Waals surface area contributed by atoms with Gasteiger partial charge in [0.15, 0.2) is 0 Å². The van der Waals surface area contributed by atoms with Crippen LogP contribution in [0.2, 0.25) is 0 Å². The average Bonchev–Trinajstić information content (AvgIpc) is 3.28. The monoisotopic (exact) mass is 326 g/mol. The molecule has 2 aliphatic carbocycles. The number of benzene rings is 2. The van der Waals surface area contributed by atoms with Gasteiger partial charge in [-0.05, 0) is 63.8 Å². The van der Waals surface area contributed by atoms with Crippen LogP contribution >= 0.6 is 0 Å². The molecule has 0 radical (unpaired) electrons. The van der Waals surface area contributed by atoms with Gasteiger partial charge in [0.1, 0.15) is 0 Å². The molecule has 0 heterocycles. The first-order valence-corrected chi connectivity index (χ1v) is 9.48. The van der Waals surface area contributed by atoms with Crippen molar-refractivity contribution in [1.82, 2.24) is 0 Å². The standard InChI is InChI=1S/C25H26/c1-4-18-6-5-7-19(14-18)20-8-9-21(15-20)22-10-13-25-23(16-22)11-12-24(25)17(2)3/h5-8,10-17,24H,4,9H2,1-3H3. The number of aryl methyl sites for hydroxylation is 1. The Morgan fingerprint density at radius 1 is 1.04 bits per heavy atom. The van der Waals surface area contributed by atoms with Gasteiger partial charge in [-0.1, -0.05) is 81.5 Å². The van der Waals surface area contributed by atoms with Crippen LogP contribution in [0.4, 0.5) is 0 Å². The maximum absolute atomic E-state index is 2.37. The highest BCUT2D eigenvalue weighted by atomic mass is 14.3. The summed E-state index contributed by atoms with van der Waals surface area (Å²) >= 11 is 0. The zero-order valence-corrected chi connectivity index (χ0v) is 15.4. The van der Waals surface area contributed by atoms with E-state index in [1.807, 2.05) is 0 Å². The zero-order valence-electron chi connectivity index (χ0n) is 15.4. The molecule has 126 valence electrons. The van der Waals surface area contributed by atoms with Crippen LogP contribution in [0.15, 0.2) is 60.7 Å². The molecule has 0 amide bonds. The summed E-state index contributed by atoms with van der Waals surface area (Å²) in [6.07, 6.45) is 11.5. The highest BCUT2D eigenvalue weighted by molar-refractivity contribution is 5.90. The van der Waals surface area contributed by atoms with E-state index in [1.165, 1.54) is 39.0 Å². The lowest BCUT2D eigenvalue weighted by atomic mass is 9.89. The SMILES string of the molecule is CCc1cccc(C2=CCC(c3ccc4c(c3)C=CC4C(C)C)=C2)c1. The first kappa shape index (κ1) is 16.1. The molecule has 0 N–H and O–H groups in total. The van der Waals surface area contributed by atoms with Gasteiger partial charge >= 0.3 is 0 Å². The fourth-order valence-electron chi connectivity index (χ4n) is 4.01. The van der Waals surface area contributed by atoms with Crippen LogP contribution in [0.1, 0.15) is 60.9 Å². The number of hydrogen-bond donors (Lipinski definition) is 0. The van der Waals surface area contributed by atoms with Gasteiger partial charge in [0.05, 0.1) is 0 Å². The van der Waals surface area contributed by atoms with Gasteiger partial charge in [-0.25, -0.2) is 0 Å². The summed E-state index contributed by atoms with van der Waals surface area (Å²) in [6, 6.07) is 16.0. The Hall–Kier alpha value is -2.34. The number of hydrogen-bond acceptors (Lipinski definition) is 0. The molecule has 0 aromatic heterocycles. The maximum atomic E-state index is 2.37. The third-order valence-electron chi connectivity index (χ3n) is 5.56. The van der Waals surface area contributed by atoms with E-state index >= 15 is 0 Å². The van der Waals surface area contributed by atoms with Gasteiger partial charge in [-0.3, -0.25) is 0 Å². The Bertz CT molecular complexity index is 890. The summed E-state index contributed by atoms with van der Waals surface area (Å²) < 4.78 is 0. The van der Waals surface area contributed by atoms with Crippen LogP contribution in [-0.4, -0.2) is 0 Å². The molecule has 0 saturated heterocycles. The Labute approximate surface area is 151 Å². The van der Waals surface area contributed by atoms with Crippen molar-refractivity contribution in [3.8, 4) is 0 Å². The van der Waals surface area contributed by atoms with Gasteiger partial charge < -0.3 is 0 Å². The summed E-state index contributed by atoms with van der Waals surface area (Å²) in [4.78, 5) is 0. The van der Waals surface area contributed by atoms with Crippen LogP contribution < -0.4 is 0 Å². The quantitative estimate of drug-likeness (QED) is 0.574. The van der Waals surface area contributed by atoms with Gasteiger partial charge in [0, 0.05) is 5.92 Å². The summed E-state index contributed by atoms with van der Waals surface area (Å²) in [7, 11) is 0. The van der Waals surface area contributed by atoms with E-state index in [1.54, 1.807) is 0 Å². The predicted molar refractivity (Wildman–Crippen MR) is 109 cm³/mol. The van der Waals surface area contributed by atoms with E-state index in [4.69, 9.17) is 0 Å². The highest BCUT2D eigenvalue weighted by Crippen LogP contribution is 2.38. The minimum atomic E-state index is 0.576. The molecule has 2 aromatic rings. The molecular formula is C25H26. The largest absolute Gasteiger partial charge is 0.0761 e. The number of fused-ring (bicyclic) bond motifs is 1. The lowest BCUT2D eigenvalue weighted by molar-refractivity contribution is 0.584. The third kappa shape index (κ3) is 3.02. The molecule has 0 bridgehead atoms. The molecule has 2 aromatic carbocycles. The topological polar surface area (TPSA) is 0 Å².